The maximum Gasteiger partial charge on any atom is 0.229 e. The van der Waals surface area contributed by atoms with E-state index in [0.29, 0.717) is 11.9 Å². The van der Waals surface area contributed by atoms with Crippen molar-refractivity contribution in [2.75, 3.05) is 31.7 Å². The molecule has 32 heavy (non-hydrogen) atoms. The molecule has 1 N–H and O–H groups in total. The van der Waals surface area contributed by atoms with Gasteiger partial charge in [0.1, 0.15) is 0 Å². The zero-order valence-electron chi connectivity index (χ0n) is 19.0. The number of nitrogens with zero attached hydrogens (tertiary/aromatic N) is 3. The van der Waals surface area contributed by atoms with Gasteiger partial charge >= 0.3 is 0 Å². The third-order valence-electron chi connectivity index (χ3n) is 6.02. The van der Waals surface area contributed by atoms with Crippen LogP contribution in [0.15, 0.2) is 23.9 Å². The van der Waals surface area contributed by atoms with Crippen molar-refractivity contribution in [3.05, 3.63) is 41.0 Å². The molecular weight excluding hydrogens is 404 g/mol. The van der Waals surface area contributed by atoms with E-state index in [9.17, 15) is 4.79 Å². The van der Waals surface area contributed by atoms with E-state index in [1.165, 1.54) is 12.5 Å². The molecule has 0 saturated carbocycles. The highest BCUT2D eigenvalue weighted by atomic mass is 16.5. The van der Waals surface area contributed by atoms with Gasteiger partial charge in [0.25, 0.3) is 0 Å². The molecule has 2 aromatic heterocycles. The van der Waals surface area contributed by atoms with Crippen LogP contribution >= 0.6 is 0 Å². The van der Waals surface area contributed by atoms with Crippen LogP contribution in [0, 0.1) is 12.8 Å². The molecular formula is C25H32N4O3. The lowest BCUT2D eigenvalue weighted by Gasteiger charge is -2.22. The first-order valence-electron chi connectivity index (χ1n) is 11.5. The average molecular weight is 437 g/mol. The number of aromatic nitrogens is 3. The highest BCUT2D eigenvalue weighted by Gasteiger charge is 2.17. The summed E-state index contributed by atoms with van der Waals surface area (Å²) in [6, 6.07) is 4.29. The van der Waals surface area contributed by atoms with Gasteiger partial charge in [0.05, 0.1) is 18.0 Å². The molecule has 170 valence electrons. The molecule has 0 aliphatic carbocycles. The van der Waals surface area contributed by atoms with Crippen LogP contribution in [0.1, 0.15) is 56.1 Å². The van der Waals surface area contributed by atoms with Gasteiger partial charge in [-0.1, -0.05) is 5.57 Å². The molecule has 0 radical (unpaired) electrons. The summed E-state index contributed by atoms with van der Waals surface area (Å²) in [5, 5.41) is 2.65. The van der Waals surface area contributed by atoms with Crippen molar-refractivity contribution in [2.45, 2.75) is 52.4 Å². The van der Waals surface area contributed by atoms with E-state index in [4.69, 9.17) is 14.5 Å². The van der Waals surface area contributed by atoms with Gasteiger partial charge in [0.2, 0.25) is 11.9 Å². The summed E-state index contributed by atoms with van der Waals surface area (Å²) in [5.41, 5.74) is 6.30. The van der Waals surface area contributed by atoms with Gasteiger partial charge in [-0.25, -0.2) is 9.97 Å². The molecule has 7 nitrogen and oxygen atoms in total. The third kappa shape index (κ3) is 6.20. The summed E-state index contributed by atoms with van der Waals surface area (Å²) < 4.78 is 11.1. The van der Waals surface area contributed by atoms with Crippen molar-refractivity contribution in [2.24, 2.45) is 5.92 Å². The van der Waals surface area contributed by atoms with E-state index in [0.717, 1.165) is 93.2 Å². The van der Waals surface area contributed by atoms with Crippen molar-refractivity contribution < 1.29 is 14.3 Å². The molecule has 0 aromatic carbocycles. The topological polar surface area (TPSA) is 86.2 Å². The monoisotopic (exact) mass is 436 g/mol. The van der Waals surface area contributed by atoms with Crippen molar-refractivity contribution in [3.63, 3.8) is 0 Å². The van der Waals surface area contributed by atoms with Crippen LogP contribution < -0.4 is 5.32 Å². The summed E-state index contributed by atoms with van der Waals surface area (Å²) in [5.74, 6) is 0.745. The summed E-state index contributed by atoms with van der Waals surface area (Å²) in [4.78, 5) is 25.2. The molecule has 2 aliphatic rings. The average Bonchev–Trinajstić information content (AvgIpc) is 3.02. The van der Waals surface area contributed by atoms with Crippen LogP contribution in [0.3, 0.4) is 0 Å². The van der Waals surface area contributed by atoms with Crippen LogP contribution in [0.5, 0.6) is 0 Å². The quantitative estimate of drug-likeness (QED) is 0.750. The fourth-order valence-electron chi connectivity index (χ4n) is 4.34. The lowest BCUT2D eigenvalue weighted by Crippen LogP contribution is -2.18. The first-order valence-corrected chi connectivity index (χ1v) is 11.5. The number of amides is 1. The summed E-state index contributed by atoms with van der Waals surface area (Å²) in [6.07, 6.45) is 10.2. The van der Waals surface area contributed by atoms with Crippen molar-refractivity contribution in [1.82, 2.24) is 15.0 Å². The maximum atomic E-state index is 11.3. The maximum absolute atomic E-state index is 11.3. The number of ether oxygens (including phenoxy) is 2. The molecule has 2 aromatic rings. The van der Waals surface area contributed by atoms with E-state index >= 15 is 0 Å². The lowest BCUT2D eigenvalue weighted by molar-refractivity contribution is -0.114. The Balaban J connectivity index is 1.67. The number of hydrogen-bond acceptors (Lipinski definition) is 6. The van der Waals surface area contributed by atoms with Gasteiger partial charge in [0.15, 0.2) is 0 Å². The van der Waals surface area contributed by atoms with Crippen LogP contribution in [0.4, 0.5) is 5.95 Å². The number of nitrogens with one attached hydrogen (secondary N) is 1. The van der Waals surface area contributed by atoms with Gasteiger partial charge in [-0.3, -0.25) is 15.1 Å². The molecule has 0 unspecified atom stereocenters. The van der Waals surface area contributed by atoms with Crippen molar-refractivity contribution in [3.8, 4) is 11.1 Å². The minimum Gasteiger partial charge on any atom is -0.381 e. The number of carbonyl (C=O) groups is 1. The fraction of sp³-hybridized carbons (Fsp3) is 0.520. The number of anilines is 1. The molecule has 0 spiro atoms. The summed E-state index contributed by atoms with van der Waals surface area (Å²) in [7, 11) is 0. The Morgan fingerprint density at radius 3 is 2.72 bits per heavy atom. The van der Waals surface area contributed by atoms with Gasteiger partial charge < -0.3 is 9.47 Å². The zero-order chi connectivity index (χ0) is 22.3. The largest absolute Gasteiger partial charge is 0.381 e. The fourth-order valence-corrected chi connectivity index (χ4v) is 4.34. The number of hydrogen-bond donors (Lipinski definition) is 1. The number of pyridine rings is 1. The summed E-state index contributed by atoms with van der Waals surface area (Å²) in [6.45, 7) is 6.67. The lowest BCUT2D eigenvalue weighted by atomic mass is 9.93. The minimum absolute atomic E-state index is 0.180. The second kappa shape index (κ2) is 10.8. The van der Waals surface area contributed by atoms with Crippen LogP contribution in [-0.4, -0.2) is 47.3 Å². The van der Waals surface area contributed by atoms with Crippen molar-refractivity contribution >= 4 is 17.9 Å². The van der Waals surface area contributed by atoms with E-state index in [1.54, 1.807) is 6.20 Å². The second-order valence-electron chi connectivity index (χ2n) is 8.67. The standard InChI is InChI=1S/C25H32N4O3/c1-17-24(16-26-25(27-17)28-18(2)30)21-14-22(12-19-4-3-8-31-9-5-19)29-23(15-21)13-20-6-10-32-11-7-20/h12,14-16,20H,3-11,13H2,1-2H3,(H,26,27,28,30)/b19-12-. The van der Waals surface area contributed by atoms with Gasteiger partial charge in [-0.2, -0.15) is 0 Å². The van der Waals surface area contributed by atoms with Gasteiger partial charge in [-0.05, 0) is 75.1 Å². The van der Waals surface area contributed by atoms with Crippen LogP contribution in [0.2, 0.25) is 0 Å². The zero-order valence-corrected chi connectivity index (χ0v) is 19.0. The Hall–Kier alpha value is -2.64. The normalized spacial score (nSPS) is 19.0. The predicted molar refractivity (Wildman–Crippen MR) is 124 cm³/mol. The third-order valence-corrected chi connectivity index (χ3v) is 6.02. The van der Waals surface area contributed by atoms with Crippen molar-refractivity contribution in [1.29, 1.82) is 0 Å². The first kappa shape index (κ1) is 22.6. The van der Waals surface area contributed by atoms with Crippen LogP contribution in [-0.2, 0) is 20.7 Å². The molecule has 1 amide bonds. The van der Waals surface area contributed by atoms with Gasteiger partial charge in [-0.15, -0.1) is 0 Å². The Kier molecular flexibility index (Phi) is 7.60. The second-order valence-corrected chi connectivity index (χ2v) is 8.67. The molecule has 2 saturated heterocycles. The van der Waals surface area contributed by atoms with Crippen LogP contribution in [0.25, 0.3) is 17.2 Å². The number of rotatable bonds is 5. The Morgan fingerprint density at radius 1 is 1.12 bits per heavy atom. The SMILES string of the molecule is CC(=O)Nc1ncc(-c2cc(/C=C3/CCCOCC3)nc(CC3CCOCC3)c2)c(C)n1. The van der Waals surface area contributed by atoms with E-state index in [-0.39, 0.29) is 5.91 Å². The predicted octanol–water partition coefficient (Wildman–Crippen LogP) is 4.36. The molecule has 2 aliphatic heterocycles. The Labute approximate surface area is 189 Å². The number of aryl methyl sites for hydroxylation is 1. The Morgan fingerprint density at radius 2 is 1.94 bits per heavy atom. The Bertz CT molecular complexity index is 973. The molecule has 7 heteroatoms. The van der Waals surface area contributed by atoms with Gasteiger partial charge in [0, 0.05) is 44.2 Å². The molecule has 4 rings (SSSR count). The van der Waals surface area contributed by atoms with E-state index in [1.807, 2.05) is 6.92 Å². The van der Waals surface area contributed by atoms with E-state index < -0.39 is 0 Å². The smallest absolute Gasteiger partial charge is 0.229 e. The molecule has 0 bridgehead atoms. The minimum atomic E-state index is -0.180. The molecule has 4 heterocycles. The first-order chi connectivity index (χ1) is 15.6. The molecule has 0 atom stereocenters. The van der Waals surface area contributed by atoms with E-state index in [2.05, 4.69) is 33.5 Å². The molecule has 2 fully saturated rings. The highest BCUT2D eigenvalue weighted by Crippen LogP contribution is 2.28. The number of carbonyl (C=O) groups excluding carboxylic acids is 1. The summed E-state index contributed by atoms with van der Waals surface area (Å²) >= 11 is 0. The highest BCUT2D eigenvalue weighted by molar-refractivity contribution is 5.86.